The van der Waals surface area contributed by atoms with Crippen LogP contribution in [0.3, 0.4) is 0 Å². The molecule has 16 heavy (non-hydrogen) atoms. The van der Waals surface area contributed by atoms with Gasteiger partial charge < -0.3 is 4.74 Å². The number of nitrogens with zero attached hydrogens (tertiary/aromatic N) is 2. The topological polar surface area (TPSA) is 44.1 Å². The van der Waals surface area contributed by atoms with E-state index >= 15 is 0 Å². The first-order valence-electron chi connectivity index (χ1n) is 4.40. The Morgan fingerprint density at radius 1 is 1.62 bits per heavy atom. The van der Waals surface area contributed by atoms with Crippen molar-refractivity contribution >= 4 is 12.2 Å². The van der Waals surface area contributed by atoms with Crippen molar-refractivity contribution < 1.29 is 22.7 Å². The fourth-order valence-corrected chi connectivity index (χ4v) is 0.900. The number of aromatic nitrogens is 2. The number of hydrogen-bond donors (Lipinski definition) is 0. The van der Waals surface area contributed by atoms with Gasteiger partial charge in [-0.15, -0.1) is 0 Å². The lowest BCUT2D eigenvalue weighted by Crippen LogP contribution is -2.06. The minimum absolute atomic E-state index is 0.204. The molecule has 4 nitrogen and oxygen atoms in total. The number of esters is 1. The van der Waals surface area contributed by atoms with Crippen LogP contribution in [0.5, 0.6) is 0 Å². The Bertz CT molecular complexity index is 396. The summed E-state index contributed by atoms with van der Waals surface area (Å²) in [5.74, 6) is -0.633. The van der Waals surface area contributed by atoms with Gasteiger partial charge in [0.25, 0.3) is 0 Å². The summed E-state index contributed by atoms with van der Waals surface area (Å²) in [4.78, 5) is 10.8. The van der Waals surface area contributed by atoms with Crippen LogP contribution in [-0.2, 0) is 15.7 Å². The van der Waals surface area contributed by atoms with Gasteiger partial charge in [-0.25, -0.2) is 9.48 Å². The number of carbonyl (C=O) groups is 1. The Morgan fingerprint density at radius 2 is 2.31 bits per heavy atom. The molecule has 1 heterocycles. The molecule has 0 aliphatic rings. The molecule has 0 aliphatic carbocycles. The van der Waals surface area contributed by atoms with E-state index in [2.05, 4.69) is 9.84 Å². The normalized spacial score (nSPS) is 12.0. The number of ether oxygens (including phenoxy) is 1. The number of hydrogen-bond acceptors (Lipinski definition) is 3. The van der Waals surface area contributed by atoms with Crippen LogP contribution in [0.25, 0.3) is 6.20 Å². The molecule has 0 saturated carbocycles. The molecule has 0 bridgehead atoms. The van der Waals surface area contributed by atoms with Crippen LogP contribution in [0.2, 0.25) is 0 Å². The molecule has 88 valence electrons. The second kappa shape index (κ2) is 4.82. The van der Waals surface area contributed by atoms with Crippen molar-refractivity contribution in [2.75, 3.05) is 6.61 Å². The number of carbonyl (C=O) groups excluding carboxylic acids is 1. The summed E-state index contributed by atoms with van der Waals surface area (Å²) in [7, 11) is 0. The van der Waals surface area contributed by atoms with Gasteiger partial charge in [0.15, 0.2) is 5.69 Å². The fourth-order valence-electron chi connectivity index (χ4n) is 0.900. The summed E-state index contributed by atoms with van der Waals surface area (Å²) in [6.45, 7) is 1.83. The van der Waals surface area contributed by atoms with Gasteiger partial charge in [0.1, 0.15) is 0 Å². The van der Waals surface area contributed by atoms with Crippen molar-refractivity contribution in [2.24, 2.45) is 0 Å². The Hall–Kier alpha value is -1.79. The monoisotopic (exact) mass is 234 g/mol. The summed E-state index contributed by atoms with van der Waals surface area (Å²) in [6.07, 6.45) is -1.30. The summed E-state index contributed by atoms with van der Waals surface area (Å²) in [6, 6.07) is 0.815. The summed E-state index contributed by atoms with van der Waals surface area (Å²) in [5, 5.41) is 3.21. The minimum atomic E-state index is -4.48. The third kappa shape index (κ3) is 3.41. The Labute approximate surface area is 89.3 Å². The predicted octanol–water partition coefficient (Wildman–Crippen LogP) is 1.94. The van der Waals surface area contributed by atoms with E-state index in [-0.39, 0.29) is 6.61 Å². The van der Waals surface area contributed by atoms with E-state index < -0.39 is 17.8 Å². The number of rotatable bonds is 3. The van der Waals surface area contributed by atoms with Crippen LogP contribution in [0, 0.1) is 0 Å². The Kier molecular flexibility index (Phi) is 3.70. The second-order valence-electron chi connectivity index (χ2n) is 2.75. The summed E-state index contributed by atoms with van der Waals surface area (Å²) >= 11 is 0. The zero-order chi connectivity index (χ0) is 12.2. The van der Waals surface area contributed by atoms with Crippen molar-refractivity contribution in [3.05, 3.63) is 24.0 Å². The third-order valence-electron chi connectivity index (χ3n) is 1.55. The second-order valence-corrected chi connectivity index (χ2v) is 2.75. The summed E-state index contributed by atoms with van der Waals surface area (Å²) in [5.41, 5.74) is -1.01. The molecule has 0 aliphatic heterocycles. The lowest BCUT2D eigenvalue weighted by atomic mass is 10.4. The van der Waals surface area contributed by atoms with Gasteiger partial charge in [0.05, 0.1) is 6.61 Å². The molecule has 0 radical (unpaired) electrons. The molecular formula is C9H9F3N2O2. The molecule has 0 N–H and O–H groups in total. The van der Waals surface area contributed by atoms with Gasteiger partial charge in [-0.1, -0.05) is 0 Å². The average molecular weight is 234 g/mol. The standard InChI is InChI=1S/C9H9F3N2O2/c1-2-16-8(15)4-6-14-5-3-7(13-14)9(10,11)12/h3-6H,2H2,1H3/b6-4-. The zero-order valence-corrected chi connectivity index (χ0v) is 8.36. The van der Waals surface area contributed by atoms with Crippen molar-refractivity contribution in [1.29, 1.82) is 0 Å². The van der Waals surface area contributed by atoms with Gasteiger partial charge in [-0.2, -0.15) is 18.3 Å². The number of alkyl halides is 3. The van der Waals surface area contributed by atoms with Crippen molar-refractivity contribution in [1.82, 2.24) is 9.78 Å². The van der Waals surface area contributed by atoms with Crippen LogP contribution < -0.4 is 0 Å². The maximum Gasteiger partial charge on any atom is 0.435 e. The largest absolute Gasteiger partial charge is 0.463 e. The highest BCUT2D eigenvalue weighted by Crippen LogP contribution is 2.27. The quantitative estimate of drug-likeness (QED) is 0.593. The van der Waals surface area contributed by atoms with Crippen LogP contribution in [-0.4, -0.2) is 22.4 Å². The van der Waals surface area contributed by atoms with Crippen LogP contribution in [0.1, 0.15) is 12.6 Å². The molecule has 7 heteroatoms. The molecule has 0 fully saturated rings. The van der Waals surface area contributed by atoms with Gasteiger partial charge >= 0.3 is 12.1 Å². The lowest BCUT2D eigenvalue weighted by molar-refractivity contribution is -0.141. The average Bonchev–Trinajstić information content (AvgIpc) is 2.63. The van der Waals surface area contributed by atoms with Crippen molar-refractivity contribution in [3.8, 4) is 0 Å². The Morgan fingerprint density at radius 3 is 2.81 bits per heavy atom. The van der Waals surface area contributed by atoms with Crippen LogP contribution in [0.4, 0.5) is 13.2 Å². The molecule has 0 unspecified atom stereocenters. The predicted molar refractivity (Wildman–Crippen MR) is 49.2 cm³/mol. The van der Waals surface area contributed by atoms with E-state index in [4.69, 9.17) is 0 Å². The highest BCUT2D eigenvalue weighted by Gasteiger charge is 2.33. The minimum Gasteiger partial charge on any atom is -0.463 e. The maximum atomic E-state index is 12.1. The molecule has 0 amide bonds. The van der Waals surface area contributed by atoms with E-state index in [1.54, 1.807) is 6.92 Å². The van der Waals surface area contributed by atoms with Crippen LogP contribution in [0.15, 0.2) is 18.3 Å². The van der Waals surface area contributed by atoms with E-state index in [0.29, 0.717) is 0 Å². The van der Waals surface area contributed by atoms with E-state index in [1.807, 2.05) is 0 Å². The van der Waals surface area contributed by atoms with E-state index in [1.165, 1.54) is 0 Å². The molecule has 0 aromatic carbocycles. The molecule has 1 rings (SSSR count). The first kappa shape index (κ1) is 12.3. The third-order valence-corrected chi connectivity index (χ3v) is 1.55. The highest BCUT2D eigenvalue weighted by molar-refractivity contribution is 5.84. The summed E-state index contributed by atoms with van der Waals surface area (Å²) < 4.78 is 41.8. The first-order chi connectivity index (χ1) is 7.43. The van der Waals surface area contributed by atoms with Gasteiger partial charge in [-0.3, -0.25) is 0 Å². The van der Waals surface area contributed by atoms with E-state index in [9.17, 15) is 18.0 Å². The molecule has 1 aromatic rings. The van der Waals surface area contributed by atoms with Crippen molar-refractivity contribution in [2.45, 2.75) is 13.1 Å². The smallest absolute Gasteiger partial charge is 0.435 e. The van der Waals surface area contributed by atoms with E-state index in [0.717, 1.165) is 29.2 Å². The molecule has 1 aromatic heterocycles. The molecular weight excluding hydrogens is 225 g/mol. The molecule has 0 saturated heterocycles. The molecule has 0 spiro atoms. The lowest BCUT2D eigenvalue weighted by Gasteiger charge is -1.99. The maximum absolute atomic E-state index is 12.1. The fraction of sp³-hybridized carbons (Fsp3) is 0.333. The highest BCUT2D eigenvalue weighted by atomic mass is 19.4. The zero-order valence-electron chi connectivity index (χ0n) is 8.36. The van der Waals surface area contributed by atoms with Crippen LogP contribution >= 0.6 is 0 Å². The van der Waals surface area contributed by atoms with Gasteiger partial charge in [0.2, 0.25) is 0 Å². The number of halogens is 3. The Balaban J connectivity index is 2.69. The molecule has 0 atom stereocenters. The van der Waals surface area contributed by atoms with Gasteiger partial charge in [-0.05, 0) is 13.0 Å². The SMILES string of the molecule is CCOC(=O)/C=C\n1ccc(C(F)(F)F)n1. The van der Waals surface area contributed by atoms with Crippen molar-refractivity contribution in [3.63, 3.8) is 0 Å². The first-order valence-corrected chi connectivity index (χ1v) is 4.40. The van der Waals surface area contributed by atoms with Gasteiger partial charge in [0, 0.05) is 18.5 Å².